The van der Waals surface area contributed by atoms with Crippen molar-refractivity contribution in [3.63, 3.8) is 0 Å². The van der Waals surface area contributed by atoms with E-state index in [1.165, 1.54) is 5.57 Å². The lowest BCUT2D eigenvalue weighted by Gasteiger charge is -2.33. The summed E-state index contributed by atoms with van der Waals surface area (Å²) in [6.07, 6.45) is 0.771. The number of rotatable bonds is 3. The van der Waals surface area contributed by atoms with Gasteiger partial charge < -0.3 is 5.11 Å². The van der Waals surface area contributed by atoms with Gasteiger partial charge in [-0.3, -0.25) is 0 Å². The van der Waals surface area contributed by atoms with Gasteiger partial charge in [0.05, 0.1) is 5.60 Å². The van der Waals surface area contributed by atoms with Crippen LogP contribution in [0.2, 0.25) is 0 Å². The van der Waals surface area contributed by atoms with Crippen LogP contribution < -0.4 is 0 Å². The number of hydrogen-bond acceptors (Lipinski definition) is 1. The van der Waals surface area contributed by atoms with Crippen molar-refractivity contribution in [2.24, 2.45) is 11.3 Å². The zero-order valence-electron chi connectivity index (χ0n) is 11.7. The van der Waals surface area contributed by atoms with Crippen LogP contribution in [0, 0.1) is 11.3 Å². The van der Waals surface area contributed by atoms with Crippen LogP contribution in [0.1, 0.15) is 61.8 Å². The molecule has 1 heteroatoms. The summed E-state index contributed by atoms with van der Waals surface area (Å²) >= 11 is 0. The van der Waals surface area contributed by atoms with Crippen LogP contribution in [0.15, 0.2) is 11.1 Å². The fourth-order valence-corrected chi connectivity index (χ4v) is 1.66. The van der Waals surface area contributed by atoms with Crippen molar-refractivity contribution in [3.05, 3.63) is 11.1 Å². The molecule has 15 heavy (non-hydrogen) atoms. The van der Waals surface area contributed by atoms with Crippen molar-refractivity contribution in [3.8, 4) is 0 Å². The Balaban J connectivity index is 5.12. The molecule has 0 aromatic heterocycles. The molecule has 2 atom stereocenters. The maximum atomic E-state index is 10.2. The summed E-state index contributed by atoms with van der Waals surface area (Å²) in [6.45, 7) is 17.1. The molecule has 1 nitrogen and oxygen atoms in total. The Labute approximate surface area is 95.6 Å². The van der Waals surface area contributed by atoms with Crippen molar-refractivity contribution >= 4 is 0 Å². The van der Waals surface area contributed by atoms with E-state index in [2.05, 4.69) is 41.5 Å². The summed E-state index contributed by atoms with van der Waals surface area (Å²) in [7, 11) is 0. The van der Waals surface area contributed by atoms with E-state index < -0.39 is 5.60 Å². The van der Waals surface area contributed by atoms with Gasteiger partial charge in [0.25, 0.3) is 0 Å². The van der Waals surface area contributed by atoms with Crippen LogP contribution in [-0.2, 0) is 0 Å². The van der Waals surface area contributed by atoms with E-state index in [0.29, 0.717) is 5.92 Å². The maximum Gasteiger partial charge on any atom is 0.0826 e. The highest BCUT2D eigenvalue weighted by Gasteiger charge is 2.28. The van der Waals surface area contributed by atoms with E-state index >= 15 is 0 Å². The van der Waals surface area contributed by atoms with Gasteiger partial charge in [-0.05, 0) is 44.1 Å². The number of hydrogen-bond donors (Lipinski definition) is 1. The van der Waals surface area contributed by atoms with Gasteiger partial charge in [-0.1, -0.05) is 40.2 Å². The van der Waals surface area contributed by atoms with E-state index in [1.54, 1.807) is 0 Å². The topological polar surface area (TPSA) is 20.2 Å². The minimum Gasteiger partial charge on any atom is -0.386 e. The second-order valence-corrected chi connectivity index (χ2v) is 6.02. The Hall–Kier alpha value is -0.300. The molecular weight excluding hydrogens is 184 g/mol. The molecule has 0 aliphatic rings. The first-order valence-electron chi connectivity index (χ1n) is 5.94. The summed E-state index contributed by atoms with van der Waals surface area (Å²) in [5.41, 5.74) is 2.07. The molecule has 0 radical (unpaired) electrons. The highest BCUT2D eigenvalue weighted by atomic mass is 16.3. The molecule has 0 aliphatic heterocycles. The molecule has 1 N–H and O–H groups in total. The SMILES string of the molecule is CCC(C)(O)C(C)=C(C)C(C)C(C)(C)C. The van der Waals surface area contributed by atoms with Crippen molar-refractivity contribution in [1.29, 1.82) is 0 Å². The fourth-order valence-electron chi connectivity index (χ4n) is 1.66. The minimum atomic E-state index is -0.649. The lowest BCUT2D eigenvalue weighted by atomic mass is 9.74. The van der Waals surface area contributed by atoms with E-state index in [-0.39, 0.29) is 5.41 Å². The van der Waals surface area contributed by atoms with Crippen LogP contribution in [-0.4, -0.2) is 10.7 Å². The van der Waals surface area contributed by atoms with E-state index in [0.717, 1.165) is 12.0 Å². The maximum absolute atomic E-state index is 10.2. The average molecular weight is 212 g/mol. The molecule has 0 aromatic rings. The molecule has 2 unspecified atom stereocenters. The predicted octanol–water partition coefficient (Wildman–Crippen LogP) is 4.17. The second kappa shape index (κ2) is 4.69. The monoisotopic (exact) mass is 212 g/mol. The highest BCUT2D eigenvalue weighted by molar-refractivity contribution is 5.22. The highest BCUT2D eigenvalue weighted by Crippen LogP contribution is 2.35. The minimum absolute atomic E-state index is 0.259. The molecule has 90 valence electrons. The van der Waals surface area contributed by atoms with E-state index in [1.807, 2.05) is 13.8 Å². The molecule has 0 aromatic carbocycles. The molecule has 0 amide bonds. The fraction of sp³-hybridized carbons (Fsp3) is 0.857. The molecule has 0 saturated carbocycles. The molecule has 0 fully saturated rings. The van der Waals surface area contributed by atoms with Crippen LogP contribution in [0.4, 0.5) is 0 Å². The van der Waals surface area contributed by atoms with Gasteiger partial charge in [0.15, 0.2) is 0 Å². The van der Waals surface area contributed by atoms with Crippen LogP contribution in [0.3, 0.4) is 0 Å². The molecular formula is C14H28O. The Kier molecular flexibility index (Phi) is 4.60. The Morgan fingerprint density at radius 2 is 1.53 bits per heavy atom. The number of allylic oxidation sites excluding steroid dienone is 1. The van der Waals surface area contributed by atoms with E-state index in [4.69, 9.17) is 0 Å². The van der Waals surface area contributed by atoms with Gasteiger partial charge in [0.1, 0.15) is 0 Å². The van der Waals surface area contributed by atoms with Crippen LogP contribution in [0.5, 0.6) is 0 Å². The van der Waals surface area contributed by atoms with Gasteiger partial charge in [-0.25, -0.2) is 0 Å². The van der Waals surface area contributed by atoms with Gasteiger partial charge in [-0.15, -0.1) is 0 Å². The van der Waals surface area contributed by atoms with Crippen molar-refractivity contribution in [2.75, 3.05) is 0 Å². The lowest BCUT2D eigenvalue weighted by molar-refractivity contribution is 0.0915. The Morgan fingerprint density at radius 1 is 1.13 bits per heavy atom. The molecule has 0 saturated heterocycles. The van der Waals surface area contributed by atoms with Crippen molar-refractivity contribution < 1.29 is 5.11 Å². The van der Waals surface area contributed by atoms with Crippen LogP contribution >= 0.6 is 0 Å². The zero-order valence-corrected chi connectivity index (χ0v) is 11.7. The van der Waals surface area contributed by atoms with Gasteiger partial charge in [0.2, 0.25) is 0 Å². The summed E-state index contributed by atoms with van der Waals surface area (Å²) < 4.78 is 0. The molecule has 0 heterocycles. The largest absolute Gasteiger partial charge is 0.386 e. The number of aliphatic hydroxyl groups is 1. The normalized spacial score (nSPS) is 20.6. The third kappa shape index (κ3) is 3.64. The molecule has 0 spiro atoms. The lowest BCUT2D eigenvalue weighted by Crippen LogP contribution is -2.28. The van der Waals surface area contributed by atoms with Gasteiger partial charge in [0, 0.05) is 0 Å². The molecule has 0 bridgehead atoms. The zero-order chi connectivity index (χ0) is 12.4. The van der Waals surface area contributed by atoms with Crippen molar-refractivity contribution in [1.82, 2.24) is 0 Å². The third-order valence-corrected chi connectivity index (χ3v) is 4.04. The summed E-state index contributed by atoms with van der Waals surface area (Å²) in [5, 5.41) is 10.2. The average Bonchev–Trinajstić information content (AvgIpc) is 2.12. The Morgan fingerprint density at radius 3 is 1.80 bits per heavy atom. The standard InChI is InChI=1S/C14H28O/c1-9-14(8,15)12(4)10(2)11(3)13(5,6)7/h11,15H,9H2,1-8H3. The summed E-state index contributed by atoms with van der Waals surface area (Å²) in [4.78, 5) is 0. The first-order chi connectivity index (χ1) is 6.54. The Bertz CT molecular complexity index is 241. The smallest absolute Gasteiger partial charge is 0.0826 e. The predicted molar refractivity (Wildman–Crippen MR) is 67.9 cm³/mol. The molecule has 0 rings (SSSR count). The summed E-state index contributed by atoms with van der Waals surface area (Å²) in [5.74, 6) is 0.496. The van der Waals surface area contributed by atoms with Crippen LogP contribution in [0.25, 0.3) is 0 Å². The van der Waals surface area contributed by atoms with Crippen molar-refractivity contribution in [2.45, 2.75) is 67.4 Å². The first-order valence-corrected chi connectivity index (χ1v) is 5.94. The van der Waals surface area contributed by atoms with Gasteiger partial charge >= 0.3 is 0 Å². The quantitative estimate of drug-likeness (QED) is 0.696. The second-order valence-electron chi connectivity index (χ2n) is 6.02. The van der Waals surface area contributed by atoms with Gasteiger partial charge in [-0.2, -0.15) is 0 Å². The summed E-state index contributed by atoms with van der Waals surface area (Å²) in [6, 6.07) is 0. The third-order valence-electron chi connectivity index (χ3n) is 4.04. The molecule has 0 aliphatic carbocycles. The van der Waals surface area contributed by atoms with E-state index in [9.17, 15) is 5.11 Å². The first kappa shape index (κ1) is 14.7.